The van der Waals surface area contributed by atoms with Crippen LogP contribution in [-0.2, 0) is 0 Å². The van der Waals surface area contributed by atoms with Gasteiger partial charge in [-0.05, 0) is 58.0 Å². The van der Waals surface area contributed by atoms with Crippen LogP contribution in [0.2, 0.25) is 0 Å². The molecule has 1 saturated heterocycles. The van der Waals surface area contributed by atoms with Crippen molar-refractivity contribution in [2.75, 3.05) is 31.1 Å². The van der Waals surface area contributed by atoms with Gasteiger partial charge in [0.2, 0.25) is 0 Å². The summed E-state index contributed by atoms with van der Waals surface area (Å²) >= 11 is 2.14. The fourth-order valence-corrected chi connectivity index (χ4v) is 3.08. The SMILES string of the molecule is Oc1ccc(/C=C/c2ccc(N3CCNCC3)cc2)cc1I. The lowest BCUT2D eigenvalue weighted by Crippen LogP contribution is -2.43. The zero-order valence-electron chi connectivity index (χ0n) is 12.3. The summed E-state index contributed by atoms with van der Waals surface area (Å²) in [6.07, 6.45) is 4.17. The summed E-state index contributed by atoms with van der Waals surface area (Å²) in [4.78, 5) is 2.41. The van der Waals surface area contributed by atoms with Gasteiger partial charge in [0.1, 0.15) is 5.75 Å². The molecular weight excluding hydrogens is 387 g/mol. The van der Waals surface area contributed by atoms with E-state index < -0.39 is 0 Å². The molecule has 114 valence electrons. The molecule has 0 radical (unpaired) electrons. The molecule has 0 amide bonds. The maximum atomic E-state index is 9.54. The van der Waals surface area contributed by atoms with Gasteiger partial charge >= 0.3 is 0 Å². The van der Waals surface area contributed by atoms with Crippen molar-refractivity contribution in [1.29, 1.82) is 0 Å². The summed E-state index contributed by atoms with van der Waals surface area (Å²) in [6, 6.07) is 14.3. The topological polar surface area (TPSA) is 35.5 Å². The highest BCUT2D eigenvalue weighted by molar-refractivity contribution is 14.1. The van der Waals surface area contributed by atoms with Gasteiger partial charge in [-0.2, -0.15) is 0 Å². The lowest BCUT2D eigenvalue weighted by atomic mass is 10.1. The Morgan fingerprint density at radius 1 is 0.955 bits per heavy atom. The van der Waals surface area contributed by atoms with Crippen LogP contribution < -0.4 is 10.2 Å². The number of nitrogens with zero attached hydrogens (tertiary/aromatic N) is 1. The quantitative estimate of drug-likeness (QED) is 0.605. The van der Waals surface area contributed by atoms with E-state index in [1.54, 1.807) is 6.07 Å². The standard InChI is InChI=1S/C18H19IN2O/c19-17-13-15(5-8-18(17)22)2-1-14-3-6-16(7-4-14)21-11-9-20-10-12-21/h1-8,13,20,22H,9-12H2/b2-1+. The molecule has 0 spiro atoms. The average Bonchev–Trinajstić information content (AvgIpc) is 2.57. The first-order valence-corrected chi connectivity index (χ1v) is 8.52. The van der Waals surface area contributed by atoms with Crippen LogP contribution in [0, 0.1) is 3.57 Å². The Balaban J connectivity index is 1.69. The molecule has 2 aromatic carbocycles. The maximum Gasteiger partial charge on any atom is 0.128 e. The van der Waals surface area contributed by atoms with Crippen LogP contribution in [0.4, 0.5) is 5.69 Å². The number of rotatable bonds is 3. The van der Waals surface area contributed by atoms with E-state index >= 15 is 0 Å². The molecule has 1 aliphatic heterocycles. The highest BCUT2D eigenvalue weighted by Crippen LogP contribution is 2.22. The molecule has 0 aromatic heterocycles. The molecule has 0 bridgehead atoms. The van der Waals surface area contributed by atoms with Crippen LogP contribution in [0.3, 0.4) is 0 Å². The Hall–Kier alpha value is -1.53. The third-order valence-electron chi connectivity index (χ3n) is 3.82. The number of hydrogen-bond donors (Lipinski definition) is 2. The summed E-state index contributed by atoms with van der Waals surface area (Å²) in [6.45, 7) is 4.25. The van der Waals surface area contributed by atoms with E-state index in [4.69, 9.17) is 0 Å². The summed E-state index contributed by atoms with van der Waals surface area (Å²) in [5.41, 5.74) is 3.56. The van der Waals surface area contributed by atoms with E-state index in [-0.39, 0.29) is 0 Å². The minimum absolute atomic E-state index is 0.332. The molecule has 3 rings (SSSR count). The minimum atomic E-state index is 0.332. The Morgan fingerprint density at radius 2 is 1.59 bits per heavy atom. The van der Waals surface area contributed by atoms with Crippen molar-refractivity contribution in [3.63, 3.8) is 0 Å². The first-order chi connectivity index (χ1) is 10.7. The zero-order valence-corrected chi connectivity index (χ0v) is 14.5. The van der Waals surface area contributed by atoms with Crippen molar-refractivity contribution in [3.05, 3.63) is 57.2 Å². The molecule has 1 heterocycles. The first kappa shape index (κ1) is 15.4. The second-order valence-electron chi connectivity index (χ2n) is 5.37. The van der Waals surface area contributed by atoms with E-state index in [0.29, 0.717) is 5.75 Å². The third-order valence-corrected chi connectivity index (χ3v) is 4.68. The van der Waals surface area contributed by atoms with Gasteiger partial charge in [0.05, 0.1) is 3.57 Å². The van der Waals surface area contributed by atoms with Crippen molar-refractivity contribution in [2.45, 2.75) is 0 Å². The van der Waals surface area contributed by atoms with Crippen LogP contribution in [0.25, 0.3) is 12.2 Å². The smallest absolute Gasteiger partial charge is 0.128 e. The molecule has 0 unspecified atom stereocenters. The van der Waals surface area contributed by atoms with Gasteiger partial charge in [-0.1, -0.05) is 30.4 Å². The average molecular weight is 406 g/mol. The molecule has 0 atom stereocenters. The number of phenols is 1. The van der Waals surface area contributed by atoms with Gasteiger partial charge in [-0.3, -0.25) is 0 Å². The van der Waals surface area contributed by atoms with Crippen LogP contribution in [-0.4, -0.2) is 31.3 Å². The van der Waals surface area contributed by atoms with Crippen LogP contribution in [0.1, 0.15) is 11.1 Å². The van der Waals surface area contributed by atoms with E-state index in [1.165, 1.54) is 11.3 Å². The molecule has 22 heavy (non-hydrogen) atoms. The van der Waals surface area contributed by atoms with Gasteiger partial charge in [-0.25, -0.2) is 0 Å². The van der Waals surface area contributed by atoms with Gasteiger partial charge in [0.25, 0.3) is 0 Å². The summed E-state index contributed by atoms with van der Waals surface area (Å²) < 4.78 is 0.869. The third kappa shape index (κ3) is 3.81. The predicted octanol–water partition coefficient (Wildman–Crippen LogP) is 3.58. The number of aromatic hydroxyl groups is 1. The number of hydrogen-bond acceptors (Lipinski definition) is 3. The Bertz CT molecular complexity index is 661. The number of anilines is 1. The molecule has 4 heteroatoms. The summed E-state index contributed by atoms with van der Waals surface area (Å²) in [5, 5.41) is 12.9. The molecule has 2 aromatic rings. The highest BCUT2D eigenvalue weighted by atomic mass is 127. The van der Waals surface area contributed by atoms with Crippen molar-refractivity contribution < 1.29 is 5.11 Å². The molecular formula is C18H19IN2O. The fourth-order valence-electron chi connectivity index (χ4n) is 2.54. The number of halogens is 1. The van der Waals surface area contributed by atoms with Crippen molar-refractivity contribution >= 4 is 40.4 Å². The lowest BCUT2D eigenvalue weighted by Gasteiger charge is -2.29. The van der Waals surface area contributed by atoms with E-state index in [9.17, 15) is 5.11 Å². The number of nitrogens with one attached hydrogen (secondary N) is 1. The van der Waals surface area contributed by atoms with Gasteiger partial charge in [0.15, 0.2) is 0 Å². The van der Waals surface area contributed by atoms with E-state index in [0.717, 1.165) is 35.3 Å². The number of benzene rings is 2. The Labute approximate surface area is 144 Å². The van der Waals surface area contributed by atoms with Gasteiger partial charge in [0, 0.05) is 31.9 Å². The molecule has 1 aliphatic rings. The van der Waals surface area contributed by atoms with E-state index in [2.05, 4.69) is 69.2 Å². The normalized spacial score (nSPS) is 15.4. The second kappa shape index (κ2) is 7.15. The number of phenolic OH excluding ortho intramolecular Hbond substituents is 1. The number of piperazine rings is 1. The van der Waals surface area contributed by atoms with Crippen LogP contribution in [0.5, 0.6) is 5.75 Å². The van der Waals surface area contributed by atoms with Crippen LogP contribution in [0.15, 0.2) is 42.5 Å². The summed E-state index contributed by atoms with van der Waals surface area (Å²) in [7, 11) is 0. The monoisotopic (exact) mass is 406 g/mol. The van der Waals surface area contributed by atoms with Crippen LogP contribution >= 0.6 is 22.6 Å². The molecule has 1 fully saturated rings. The largest absolute Gasteiger partial charge is 0.507 e. The Morgan fingerprint density at radius 3 is 2.27 bits per heavy atom. The molecule has 3 nitrogen and oxygen atoms in total. The highest BCUT2D eigenvalue weighted by Gasteiger charge is 2.09. The Kier molecular flexibility index (Phi) is 5.00. The van der Waals surface area contributed by atoms with Crippen molar-refractivity contribution in [1.82, 2.24) is 5.32 Å². The first-order valence-electron chi connectivity index (χ1n) is 7.45. The van der Waals surface area contributed by atoms with E-state index in [1.807, 2.05) is 12.1 Å². The molecule has 0 saturated carbocycles. The second-order valence-corrected chi connectivity index (χ2v) is 6.53. The lowest BCUT2D eigenvalue weighted by molar-refractivity contribution is 0.471. The molecule has 0 aliphatic carbocycles. The predicted molar refractivity (Wildman–Crippen MR) is 101 cm³/mol. The minimum Gasteiger partial charge on any atom is -0.507 e. The fraction of sp³-hybridized carbons (Fsp3) is 0.222. The van der Waals surface area contributed by atoms with Gasteiger partial charge in [-0.15, -0.1) is 0 Å². The summed E-state index contributed by atoms with van der Waals surface area (Å²) in [5.74, 6) is 0.332. The van der Waals surface area contributed by atoms with Crippen molar-refractivity contribution in [2.24, 2.45) is 0 Å². The van der Waals surface area contributed by atoms with Gasteiger partial charge < -0.3 is 15.3 Å². The zero-order chi connectivity index (χ0) is 15.4. The maximum absolute atomic E-state index is 9.54. The molecule has 2 N–H and O–H groups in total. The van der Waals surface area contributed by atoms with Crippen molar-refractivity contribution in [3.8, 4) is 5.75 Å².